The number of hydrogen-bond acceptors (Lipinski definition) is 8. The van der Waals surface area contributed by atoms with Crippen molar-refractivity contribution in [3.05, 3.63) is 103 Å². The minimum Gasteiger partial charge on any atom is -0.494 e. The Labute approximate surface area is 302 Å². The number of hydrogen-bond donors (Lipinski definition) is 0. The third-order valence-corrected chi connectivity index (χ3v) is 8.79. The molecule has 1 saturated heterocycles. The summed E-state index contributed by atoms with van der Waals surface area (Å²) in [5, 5.41) is 0. The van der Waals surface area contributed by atoms with Gasteiger partial charge in [0.15, 0.2) is 0 Å². The molecule has 8 heteroatoms. The van der Waals surface area contributed by atoms with Crippen LogP contribution >= 0.6 is 0 Å². The highest BCUT2D eigenvalue weighted by Crippen LogP contribution is 2.26. The molecule has 1 fully saturated rings. The number of cyclic esters (lactones) is 1. The number of rotatable bonds is 24. The summed E-state index contributed by atoms with van der Waals surface area (Å²) in [5.41, 5.74) is 3.12. The fourth-order valence-corrected chi connectivity index (χ4v) is 5.81. The van der Waals surface area contributed by atoms with Crippen LogP contribution in [0.15, 0.2) is 97.6 Å². The van der Waals surface area contributed by atoms with E-state index in [9.17, 15) is 14.4 Å². The highest BCUT2D eigenvalue weighted by molar-refractivity contribution is 5.91. The minimum absolute atomic E-state index is 0.0226. The zero-order valence-corrected chi connectivity index (χ0v) is 29.8. The van der Waals surface area contributed by atoms with Crippen molar-refractivity contribution >= 4 is 17.9 Å². The molecular weight excluding hydrogens is 644 g/mol. The monoisotopic (exact) mass is 696 g/mol. The quantitative estimate of drug-likeness (QED) is 0.0395. The zero-order valence-electron chi connectivity index (χ0n) is 29.8. The van der Waals surface area contributed by atoms with Gasteiger partial charge in [-0.25, -0.2) is 14.4 Å². The second kappa shape index (κ2) is 22.1. The number of carbonyl (C=O) groups excluding carboxylic acids is 3. The minimum atomic E-state index is -0.418. The molecule has 51 heavy (non-hydrogen) atoms. The summed E-state index contributed by atoms with van der Waals surface area (Å²) in [6, 6.07) is 22.5. The van der Waals surface area contributed by atoms with Crippen LogP contribution in [0.3, 0.4) is 0 Å². The van der Waals surface area contributed by atoms with E-state index >= 15 is 0 Å². The molecule has 0 saturated carbocycles. The van der Waals surface area contributed by atoms with E-state index in [0.717, 1.165) is 106 Å². The van der Waals surface area contributed by atoms with Gasteiger partial charge in [-0.3, -0.25) is 0 Å². The van der Waals surface area contributed by atoms with E-state index in [1.807, 2.05) is 36.4 Å². The van der Waals surface area contributed by atoms with Crippen LogP contribution in [0.25, 0.3) is 11.1 Å². The Bertz CT molecular complexity index is 1510. The Morgan fingerprint density at radius 2 is 1.12 bits per heavy atom. The van der Waals surface area contributed by atoms with Crippen molar-refractivity contribution in [1.82, 2.24) is 0 Å². The Kier molecular flexibility index (Phi) is 16.9. The maximum Gasteiger partial charge on any atom is 0.343 e. The zero-order chi connectivity index (χ0) is 36.1. The lowest BCUT2D eigenvalue weighted by atomic mass is 10.0. The Balaban J connectivity index is 1.04. The van der Waals surface area contributed by atoms with Crippen LogP contribution in [0.1, 0.15) is 100 Å². The van der Waals surface area contributed by atoms with Gasteiger partial charge < -0.3 is 23.7 Å². The lowest BCUT2D eigenvalue weighted by Crippen LogP contribution is -2.08. The lowest BCUT2D eigenvalue weighted by molar-refractivity contribution is -0.139. The van der Waals surface area contributed by atoms with Crippen LogP contribution in [0.2, 0.25) is 0 Å². The summed E-state index contributed by atoms with van der Waals surface area (Å²) < 4.78 is 27.6. The van der Waals surface area contributed by atoms with Crippen molar-refractivity contribution < 1.29 is 38.1 Å². The highest BCUT2D eigenvalue weighted by atomic mass is 16.6. The number of benzene rings is 3. The number of ether oxygens (including phenoxy) is 5. The summed E-state index contributed by atoms with van der Waals surface area (Å²) in [6.45, 7) is 8.89. The van der Waals surface area contributed by atoms with Gasteiger partial charge in [0.25, 0.3) is 0 Å². The summed E-state index contributed by atoms with van der Waals surface area (Å²) >= 11 is 0. The van der Waals surface area contributed by atoms with E-state index in [0.29, 0.717) is 43.1 Å². The first kappa shape index (κ1) is 38.9. The third-order valence-electron chi connectivity index (χ3n) is 8.79. The Morgan fingerprint density at radius 1 is 0.647 bits per heavy atom. The van der Waals surface area contributed by atoms with Crippen molar-refractivity contribution in [2.45, 2.75) is 96.0 Å². The lowest BCUT2D eigenvalue weighted by Gasteiger charge is -2.09. The highest BCUT2D eigenvalue weighted by Gasteiger charge is 2.26. The number of carbonyl (C=O) groups is 3. The van der Waals surface area contributed by atoms with Gasteiger partial charge in [-0.2, -0.15) is 0 Å². The van der Waals surface area contributed by atoms with Gasteiger partial charge in [0.2, 0.25) is 0 Å². The van der Waals surface area contributed by atoms with Gasteiger partial charge in [0.1, 0.15) is 23.4 Å². The molecule has 8 nitrogen and oxygen atoms in total. The average molecular weight is 697 g/mol. The van der Waals surface area contributed by atoms with Gasteiger partial charge in [0, 0.05) is 18.1 Å². The molecule has 1 heterocycles. The van der Waals surface area contributed by atoms with Gasteiger partial charge in [-0.1, -0.05) is 88.8 Å². The smallest absolute Gasteiger partial charge is 0.343 e. The van der Waals surface area contributed by atoms with Crippen molar-refractivity contribution in [2.24, 2.45) is 0 Å². The van der Waals surface area contributed by atoms with Crippen LogP contribution in [0.5, 0.6) is 17.2 Å². The molecule has 1 aliphatic heterocycles. The largest absolute Gasteiger partial charge is 0.494 e. The van der Waals surface area contributed by atoms with Crippen molar-refractivity contribution in [1.29, 1.82) is 0 Å². The van der Waals surface area contributed by atoms with Gasteiger partial charge in [-0.05, 0) is 91.8 Å². The van der Waals surface area contributed by atoms with Crippen molar-refractivity contribution in [3.63, 3.8) is 0 Å². The van der Waals surface area contributed by atoms with Crippen LogP contribution < -0.4 is 14.2 Å². The molecule has 1 unspecified atom stereocenters. The van der Waals surface area contributed by atoms with Crippen molar-refractivity contribution in [3.8, 4) is 28.4 Å². The average Bonchev–Trinajstić information content (AvgIpc) is 3.48. The molecule has 3 aromatic carbocycles. The number of unbranched alkanes of at least 4 members (excludes halogenated alkanes) is 10. The maximum absolute atomic E-state index is 12.7. The van der Waals surface area contributed by atoms with E-state index in [1.54, 1.807) is 36.4 Å². The summed E-state index contributed by atoms with van der Waals surface area (Å²) in [7, 11) is 0. The van der Waals surface area contributed by atoms with Gasteiger partial charge in [-0.15, -0.1) is 0 Å². The topological polar surface area (TPSA) is 97.4 Å². The van der Waals surface area contributed by atoms with E-state index in [4.69, 9.17) is 23.7 Å². The second-order valence-corrected chi connectivity index (χ2v) is 12.9. The fraction of sp³-hybridized carbons (Fsp3) is 0.419. The van der Waals surface area contributed by atoms with Crippen LogP contribution in [-0.4, -0.2) is 43.8 Å². The van der Waals surface area contributed by atoms with Crippen molar-refractivity contribution in [2.75, 3.05) is 19.8 Å². The summed E-state index contributed by atoms with van der Waals surface area (Å²) in [6.07, 6.45) is 15.7. The molecule has 0 radical (unpaired) electrons. The second-order valence-electron chi connectivity index (χ2n) is 12.9. The first-order chi connectivity index (χ1) is 24.9. The van der Waals surface area contributed by atoms with E-state index in [1.165, 1.54) is 6.08 Å². The normalized spacial score (nSPS) is 13.8. The SMILES string of the molecule is C=CC(=O)OCCCCCCCCOc1ccc(-c2ccc(OC(=O)c3ccc(OCCCCCCCCC4CC(=C)C(=O)O4)cc3)cc2)cc1. The van der Waals surface area contributed by atoms with Crippen LogP contribution in [0.4, 0.5) is 0 Å². The Hall–Kier alpha value is -4.85. The predicted octanol–water partition coefficient (Wildman–Crippen LogP) is 10.0. The maximum atomic E-state index is 12.7. The molecular formula is C43H52O8. The Morgan fingerprint density at radius 3 is 1.63 bits per heavy atom. The van der Waals surface area contributed by atoms with Gasteiger partial charge >= 0.3 is 17.9 Å². The van der Waals surface area contributed by atoms with Crippen LogP contribution in [0, 0.1) is 0 Å². The third kappa shape index (κ3) is 14.5. The molecule has 272 valence electrons. The fourth-order valence-electron chi connectivity index (χ4n) is 5.81. The number of esters is 3. The molecule has 0 N–H and O–H groups in total. The first-order valence-electron chi connectivity index (χ1n) is 18.4. The van der Waals surface area contributed by atoms with E-state index in [2.05, 4.69) is 13.2 Å². The van der Waals surface area contributed by atoms with Gasteiger partial charge in [0.05, 0.1) is 25.4 Å². The first-order valence-corrected chi connectivity index (χ1v) is 18.4. The molecule has 0 bridgehead atoms. The van der Waals surface area contributed by atoms with E-state index in [-0.39, 0.29) is 18.0 Å². The molecule has 4 rings (SSSR count). The summed E-state index contributed by atoms with van der Waals surface area (Å²) in [5.74, 6) is 1.03. The molecule has 3 aromatic rings. The predicted molar refractivity (Wildman–Crippen MR) is 199 cm³/mol. The molecule has 1 atom stereocenters. The molecule has 1 aliphatic rings. The molecule has 0 spiro atoms. The van der Waals surface area contributed by atoms with Crippen LogP contribution in [-0.2, 0) is 19.1 Å². The molecule has 0 aromatic heterocycles. The molecule has 0 aliphatic carbocycles. The molecule has 0 amide bonds. The standard InChI is InChI=1S/C43H52O8/c1-3-41(44)49-31-15-11-7-6-10-14-29-47-37-23-17-34(18-24-37)35-19-27-39(28-20-35)50-43(46)36-21-25-38(26-22-36)48-30-13-9-5-4-8-12-16-40-32-33(2)42(45)51-40/h3,17-28,40H,1-2,4-16,29-32H2. The summed E-state index contributed by atoms with van der Waals surface area (Å²) in [4.78, 5) is 35.1. The van der Waals surface area contributed by atoms with E-state index < -0.39 is 5.97 Å².